The maximum atomic E-state index is 12.6. The van der Waals surface area contributed by atoms with E-state index in [1.165, 1.54) is 22.7 Å². The summed E-state index contributed by atoms with van der Waals surface area (Å²) < 4.78 is 3.03. The van der Waals surface area contributed by atoms with Gasteiger partial charge < -0.3 is 5.32 Å². The van der Waals surface area contributed by atoms with Crippen molar-refractivity contribution in [3.8, 4) is 0 Å². The second-order valence-corrected chi connectivity index (χ2v) is 8.26. The molecule has 2 heterocycles. The average molecular weight is 410 g/mol. The summed E-state index contributed by atoms with van der Waals surface area (Å²) in [5.41, 5.74) is 2.78. The molecule has 0 bridgehead atoms. The van der Waals surface area contributed by atoms with Crippen LogP contribution in [0.3, 0.4) is 0 Å². The number of carbonyl (C=O) groups is 1. The number of carbonyl (C=O) groups excluding carboxylic acids is 1. The molecule has 2 atom stereocenters. The lowest BCUT2D eigenvalue weighted by atomic mass is 9.92. The van der Waals surface area contributed by atoms with E-state index in [0.29, 0.717) is 17.0 Å². The first-order valence-electron chi connectivity index (χ1n) is 10.6. The van der Waals surface area contributed by atoms with E-state index in [0.717, 1.165) is 12.0 Å². The Morgan fingerprint density at radius 1 is 1.13 bits per heavy atom. The van der Waals surface area contributed by atoms with Gasteiger partial charge >= 0.3 is 0 Å². The number of amides is 1. The van der Waals surface area contributed by atoms with Crippen LogP contribution in [0.1, 0.15) is 63.6 Å². The van der Waals surface area contributed by atoms with Gasteiger partial charge in [-0.05, 0) is 29.4 Å². The van der Waals surface area contributed by atoms with Crippen LogP contribution in [-0.2, 0) is 18.4 Å². The Kier molecular flexibility index (Phi) is 6.70. The molecule has 2 aromatic heterocycles. The van der Waals surface area contributed by atoms with Crippen molar-refractivity contribution in [3.05, 3.63) is 58.3 Å². The molecular formula is C23H31N5O2. The van der Waals surface area contributed by atoms with Crippen LogP contribution < -0.4 is 10.9 Å². The third kappa shape index (κ3) is 4.61. The lowest BCUT2D eigenvalue weighted by Gasteiger charge is -2.24. The van der Waals surface area contributed by atoms with E-state index in [4.69, 9.17) is 0 Å². The number of fused-ring (bicyclic) bond motifs is 1. The van der Waals surface area contributed by atoms with Gasteiger partial charge in [0.25, 0.3) is 5.56 Å². The lowest BCUT2D eigenvalue weighted by Crippen LogP contribution is -2.33. The molecule has 0 fully saturated rings. The zero-order valence-corrected chi connectivity index (χ0v) is 18.4. The summed E-state index contributed by atoms with van der Waals surface area (Å²) in [7, 11) is 1.74. The molecule has 0 aliphatic heterocycles. The van der Waals surface area contributed by atoms with Crippen LogP contribution in [0.2, 0.25) is 0 Å². The molecule has 1 amide bonds. The normalized spacial score (nSPS) is 13.5. The van der Waals surface area contributed by atoms with Crippen LogP contribution in [0, 0.1) is 5.92 Å². The highest BCUT2D eigenvalue weighted by atomic mass is 16.2. The number of aryl methyl sites for hydroxylation is 2. The SMILES string of the molecule is CCC(C)c1ccc(C(NC(=O)CCn2cnc3c(cnn3C)c2=O)C(C)C)cc1. The third-order valence-electron chi connectivity index (χ3n) is 5.76. The zero-order chi connectivity index (χ0) is 21.8. The number of benzene rings is 1. The predicted octanol–water partition coefficient (Wildman–Crippen LogP) is 3.55. The molecule has 0 saturated carbocycles. The van der Waals surface area contributed by atoms with Crippen molar-refractivity contribution in [3.63, 3.8) is 0 Å². The molecule has 160 valence electrons. The topological polar surface area (TPSA) is 81.8 Å². The largest absolute Gasteiger partial charge is 0.349 e. The van der Waals surface area contributed by atoms with Crippen molar-refractivity contribution in [2.45, 2.75) is 59.0 Å². The molecule has 0 saturated heterocycles. The van der Waals surface area contributed by atoms with Gasteiger partial charge in [-0.25, -0.2) is 4.98 Å². The minimum absolute atomic E-state index is 0.0702. The summed E-state index contributed by atoms with van der Waals surface area (Å²) in [6.07, 6.45) is 4.30. The third-order valence-corrected chi connectivity index (χ3v) is 5.76. The van der Waals surface area contributed by atoms with Gasteiger partial charge in [-0.15, -0.1) is 0 Å². The first kappa shape index (κ1) is 21.7. The molecule has 1 N–H and O–H groups in total. The van der Waals surface area contributed by atoms with Crippen LogP contribution in [-0.4, -0.2) is 25.2 Å². The maximum Gasteiger partial charge on any atom is 0.264 e. The fraction of sp³-hybridized carbons (Fsp3) is 0.478. The molecule has 7 nitrogen and oxygen atoms in total. The van der Waals surface area contributed by atoms with Gasteiger partial charge in [0, 0.05) is 20.0 Å². The number of hydrogen-bond donors (Lipinski definition) is 1. The van der Waals surface area contributed by atoms with Gasteiger partial charge in [-0.2, -0.15) is 5.10 Å². The standard InChI is InChI=1S/C23H31N5O2/c1-6-16(4)17-7-9-18(10-8-17)21(15(2)3)26-20(29)11-12-28-14-24-22-19(23(28)30)13-25-27(22)5/h7-10,13-16,21H,6,11-12H2,1-5H3,(H,26,29). The van der Waals surface area contributed by atoms with E-state index in [2.05, 4.69) is 67.4 Å². The Balaban J connectivity index is 1.67. The first-order valence-corrected chi connectivity index (χ1v) is 10.6. The quantitative estimate of drug-likeness (QED) is 0.617. The van der Waals surface area contributed by atoms with E-state index < -0.39 is 0 Å². The minimum Gasteiger partial charge on any atom is -0.349 e. The highest BCUT2D eigenvalue weighted by Gasteiger charge is 2.19. The molecule has 3 rings (SSSR count). The lowest BCUT2D eigenvalue weighted by molar-refractivity contribution is -0.122. The fourth-order valence-corrected chi connectivity index (χ4v) is 3.60. The summed E-state index contributed by atoms with van der Waals surface area (Å²) in [6, 6.07) is 8.45. The maximum absolute atomic E-state index is 12.6. The van der Waals surface area contributed by atoms with Crippen molar-refractivity contribution >= 4 is 16.9 Å². The Morgan fingerprint density at radius 2 is 1.80 bits per heavy atom. The molecular weight excluding hydrogens is 378 g/mol. The Hall–Kier alpha value is -2.96. The Morgan fingerprint density at radius 3 is 2.43 bits per heavy atom. The second-order valence-electron chi connectivity index (χ2n) is 8.26. The first-order chi connectivity index (χ1) is 14.3. The molecule has 1 aromatic carbocycles. The monoisotopic (exact) mass is 409 g/mol. The average Bonchev–Trinajstić information content (AvgIpc) is 3.12. The fourth-order valence-electron chi connectivity index (χ4n) is 3.60. The van der Waals surface area contributed by atoms with Crippen molar-refractivity contribution in [1.82, 2.24) is 24.6 Å². The molecule has 30 heavy (non-hydrogen) atoms. The van der Waals surface area contributed by atoms with Crippen LogP contribution in [0.4, 0.5) is 0 Å². The molecule has 7 heteroatoms. The van der Waals surface area contributed by atoms with Crippen molar-refractivity contribution in [2.24, 2.45) is 13.0 Å². The van der Waals surface area contributed by atoms with Crippen LogP contribution >= 0.6 is 0 Å². The molecule has 0 aliphatic rings. The summed E-state index contributed by atoms with van der Waals surface area (Å²) in [6.45, 7) is 8.87. The highest BCUT2D eigenvalue weighted by molar-refractivity contribution is 5.76. The Bertz CT molecular complexity index is 1070. The van der Waals surface area contributed by atoms with Gasteiger partial charge in [-0.1, -0.05) is 52.0 Å². The zero-order valence-electron chi connectivity index (χ0n) is 18.4. The van der Waals surface area contributed by atoms with Gasteiger partial charge in [0.2, 0.25) is 5.91 Å². The van der Waals surface area contributed by atoms with Crippen LogP contribution in [0.15, 0.2) is 41.6 Å². The molecule has 0 aliphatic carbocycles. The van der Waals surface area contributed by atoms with Crippen molar-refractivity contribution < 1.29 is 4.79 Å². The number of hydrogen-bond acceptors (Lipinski definition) is 4. The molecule has 2 unspecified atom stereocenters. The predicted molar refractivity (Wildman–Crippen MR) is 118 cm³/mol. The van der Waals surface area contributed by atoms with Crippen molar-refractivity contribution in [1.29, 1.82) is 0 Å². The van der Waals surface area contributed by atoms with E-state index in [1.54, 1.807) is 11.7 Å². The van der Waals surface area contributed by atoms with Gasteiger partial charge in [0.1, 0.15) is 5.39 Å². The van der Waals surface area contributed by atoms with E-state index in [9.17, 15) is 9.59 Å². The van der Waals surface area contributed by atoms with E-state index in [1.807, 2.05) is 0 Å². The Labute approximate surface area is 177 Å². The number of rotatable bonds is 8. The van der Waals surface area contributed by atoms with Gasteiger partial charge in [0.05, 0.1) is 18.6 Å². The minimum atomic E-state index is -0.179. The smallest absolute Gasteiger partial charge is 0.264 e. The van der Waals surface area contributed by atoms with Crippen LogP contribution in [0.25, 0.3) is 11.0 Å². The molecule has 0 radical (unpaired) electrons. The summed E-state index contributed by atoms with van der Waals surface area (Å²) in [4.78, 5) is 29.5. The molecule has 3 aromatic rings. The van der Waals surface area contributed by atoms with E-state index in [-0.39, 0.29) is 36.4 Å². The highest BCUT2D eigenvalue weighted by Crippen LogP contribution is 2.25. The van der Waals surface area contributed by atoms with Gasteiger partial charge in [0.15, 0.2) is 5.65 Å². The summed E-state index contributed by atoms with van der Waals surface area (Å²) in [5, 5.41) is 7.66. The van der Waals surface area contributed by atoms with Crippen LogP contribution in [0.5, 0.6) is 0 Å². The van der Waals surface area contributed by atoms with Gasteiger partial charge in [-0.3, -0.25) is 18.8 Å². The van der Waals surface area contributed by atoms with E-state index >= 15 is 0 Å². The number of nitrogens with zero attached hydrogens (tertiary/aromatic N) is 4. The summed E-state index contributed by atoms with van der Waals surface area (Å²) in [5.74, 6) is 0.688. The second kappa shape index (κ2) is 9.24. The molecule has 0 spiro atoms. The number of nitrogens with one attached hydrogen (secondary N) is 1. The number of aromatic nitrogens is 4. The van der Waals surface area contributed by atoms with Crippen molar-refractivity contribution in [2.75, 3.05) is 0 Å². The summed E-state index contributed by atoms with van der Waals surface area (Å²) >= 11 is 0.